The molecule has 8 heteroatoms. The van der Waals surface area contributed by atoms with Gasteiger partial charge in [0.05, 0.1) is 6.61 Å². The lowest BCUT2D eigenvalue weighted by Gasteiger charge is -2.08. The SMILES string of the molecule is Cc1cc(C(N)=S)nc(OCCCC(F)(F)F)n1. The molecule has 18 heavy (non-hydrogen) atoms. The maximum Gasteiger partial charge on any atom is 0.389 e. The molecule has 0 unspecified atom stereocenters. The third kappa shape index (κ3) is 5.26. The van der Waals surface area contributed by atoms with Gasteiger partial charge in [0.15, 0.2) is 0 Å². The summed E-state index contributed by atoms with van der Waals surface area (Å²) >= 11 is 4.75. The first kappa shape index (κ1) is 14.6. The number of hydrogen-bond donors (Lipinski definition) is 1. The lowest BCUT2D eigenvalue weighted by molar-refractivity contribution is -0.136. The number of aromatic nitrogens is 2. The zero-order valence-electron chi connectivity index (χ0n) is 9.62. The first-order valence-corrected chi connectivity index (χ1v) is 5.54. The molecule has 0 aromatic carbocycles. The van der Waals surface area contributed by atoms with Gasteiger partial charge in [0.2, 0.25) is 0 Å². The minimum atomic E-state index is -4.18. The number of nitrogens with zero attached hydrogens (tertiary/aromatic N) is 2. The van der Waals surface area contributed by atoms with Gasteiger partial charge in [-0.3, -0.25) is 0 Å². The molecule has 0 atom stereocenters. The average Bonchev–Trinajstić information content (AvgIpc) is 2.22. The number of hydrogen-bond acceptors (Lipinski definition) is 4. The van der Waals surface area contributed by atoms with Crippen molar-refractivity contribution in [1.29, 1.82) is 0 Å². The van der Waals surface area contributed by atoms with Gasteiger partial charge in [0.1, 0.15) is 10.7 Å². The van der Waals surface area contributed by atoms with E-state index in [9.17, 15) is 13.2 Å². The summed E-state index contributed by atoms with van der Waals surface area (Å²) in [4.78, 5) is 7.89. The third-order valence-corrected chi connectivity index (χ3v) is 2.13. The summed E-state index contributed by atoms with van der Waals surface area (Å²) < 4.78 is 40.7. The van der Waals surface area contributed by atoms with Crippen LogP contribution in [0.3, 0.4) is 0 Å². The molecule has 0 aliphatic rings. The highest BCUT2D eigenvalue weighted by Gasteiger charge is 2.26. The number of aryl methyl sites for hydroxylation is 1. The van der Waals surface area contributed by atoms with Crippen LogP contribution in [0.5, 0.6) is 6.01 Å². The molecule has 0 bridgehead atoms. The van der Waals surface area contributed by atoms with Crippen molar-refractivity contribution in [3.8, 4) is 6.01 Å². The lowest BCUT2D eigenvalue weighted by Crippen LogP contribution is -2.14. The molecular weight excluding hydrogens is 267 g/mol. The van der Waals surface area contributed by atoms with Gasteiger partial charge in [-0.15, -0.1) is 0 Å². The quantitative estimate of drug-likeness (QED) is 0.661. The molecule has 4 nitrogen and oxygen atoms in total. The van der Waals surface area contributed by atoms with E-state index in [0.29, 0.717) is 11.4 Å². The van der Waals surface area contributed by atoms with Crippen LogP contribution in [0, 0.1) is 6.92 Å². The summed E-state index contributed by atoms with van der Waals surface area (Å²) in [6.07, 6.45) is -5.23. The molecule has 0 fully saturated rings. The Kier molecular flexibility index (Phi) is 4.83. The van der Waals surface area contributed by atoms with E-state index in [-0.39, 0.29) is 24.0 Å². The molecule has 1 aromatic heterocycles. The van der Waals surface area contributed by atoms with Crippen molar-refractivity contribution in [1.82, 2.24) is 9.97 Å². The Balaban J connectivity index is 2.55. The molecule has 1 rings (SSSR count). The minimum Gasteiger partial charge on any atom is -0.463 e. The summed E-state index contributed by atoms with van der Waals surface area (Å²) in [5.74, 6) is 0. The number of rotatable bonds is 5. The number of alkyl halides is 3. The van der Waals surface area contributed by atoms with E-state index in [1.165, 1.54) is 0 Å². The van der Waals surface area contributed by atoms with E-state index in [4.69, 9.17) is 22.7 Å². The summed E-state index contributed by atoms with van der Waals surface area (Å²) in [5.41, 5.74) is 6.32. The molecule has 1 aromatic rings. The highest BCUT2D eigenvalue weighted by molar-refractivity contribution is 7.80. The highest BCUT2D eigenvalue weighted by Crippen LogP contribution is 2.21. The van der Waals surface area contributed by atoms with Crippen molar-refractivity contribution >= 4 is 17.2 Å². The van der Waals surface area contributed by atoms with E-state index in [1.807, 2.05) is 0 Å². The Bertz CT molecular complexity index is 437. The zero-order chi connectivity index (χ0) is 13.8. The fourth-order valence-corrected chi connectivity index (χ4v) is 1.27. The van der Waals surface area contributed by atoms with E-state index in [0.717, 1.165) is 0 Å². The van der Waals surface area contributed by atoms with Crippen molar-refractivity contribution < 1.29 is 17.9 Å². The molecule has 0 spiro atoms. The molecule has 0 radical (unpaired) electrons. The largest absolute Gasteiger partial charge is 0.463 e. The van der Waals surface area contributed by atoms with E-state index < -0.39 is 12.6 Å². The lowest BCUT2D eigenvalue weighted by atomic mass is 10.3. The van der Waals surface area contributed by atoms with Crippen LogP contribution in [0.4, 0.5) is 13.2 Å². The van der Waals surface area contributed by atoms with Crippen molar-refractivity contribution in [2.75, 3.05) is 6.61 Å². The summed E-state index contributed by atoms with van der Waals surface area (Å²) in [5, 5.41) is 0. The van der Waals surface area contributed by atoms with Crippen molar-refractivity contribution in [3.05, 3.63) is 17.5 Å². The Labute approximate surface area is 107 Å². The second kappa shape index (κ2) is 5.94. The van der Waals surface area contributed by atoms with Crippen molar-refractivity contribution in [2.45, 2.75) is 25.9 Å². The van der Waals surface area contributed by atoms with Gasteiger partial charge in [-0.2, -0.15) is 18.2 Å². The summed E-state index contributed by atoms with van der Waals surface area (Å²) in [6.45, 7) is 1.58. The molecule has 0 aliphatic heterocycles. The summed E-state index contributed by atoms with van der Waals surface area (Å²) in [6, 6.07) is 1.56. The van der Waals surface area contributed by atoms with Crippen LogP contribution < -0.4 is 10.5 Å². The Hall–Kier alpha value is -1.44. The van der Waals surface area contributed by atoms with Crippen LogP contribution in [0.1, 0.15) is 24.2 Å². The standard InChI is InChI=1S/C10H12F3N3OS/c1-6-5-7(8(14)18)16-9(15-6)17-4-2-3-10(11,12)13/h5H,2-4H2,1H3,(H2,14,18). The fraction of sp³-hybridized carbons (Fsp3) is 0.500. The molecule has 0 aliphatic carbocycles. The second-order valence-corrected chi connectivity index (χ2v) is 4.05. The highest BCUT2D eigenvalue weighted by atomic mass is 32.1. The van der Waals surface area contributed by atoms with Crippen LogP contribution in [0.25, 0.3) is 0 Å². The van der Waals surface area contributed by atoms with E-state index >= 15 is 0 Å². The van der Waals surface area contributed by atoms with Gasteiger partial charge in [-0.1, -0.05) is 12.2 Å². The monoisotopic (exact) mass is 279 g/mol. The molecule has 100 valence electrons. The van der Waals surface area contributed by atoms with Gasteiger partial charge in [-0.25, -0.2) is 4.98 Å². The van der Waals surface area contributed by atoms with Gasteiger partial charge < -0.3 is 10.5 Å². The zero-order valence-corrected chi connectivity index (χ0v) is 10.4. The Morgan fingerprint density at radius 3 is 2.67 bits per heavy atom. The first-order valence-electron chi connectivity index (χ1n) is 5.13. The number of ether oxygens (including phenoxy) is 1. The molecular formula is C10H12F3N3OS. The first-order chi connectivity index (χ1) is 8.28. The van der Waals surface area contributed by atoms with Crippen LogP contribution in [-0.2, 0) is 0 Å². The topological polar surface area (TPSA) is 61.0 Å². The minimum absolute atomic E-state index is 0.0139. The second-order valence-electron chi connectivity index (χ2n) is 3.61. The molecule has 2 N–H and O–H groups in total. The molecule has 0 amide bonds. The van der Waals surface area contributed by atoms with Crippen LogP contribution in [0.15, 0.2) is 6.07 Å². The molecule has 1 heterocycles. The van der Waals surface area contributed by atoms with Crippen molar-refractivity contribution in [3.63, 3.8) is 0 Å². The maximum atomic E-state index is 11.9. The summed E-state index contributed by atoms with van der Waals surface area (Å²) in [7, 11) is 0. The van der Waals surface area contributed by atoms with Crippen molar-refractivity contribution in [2.24, 2.45) is 5.73 Å². The maximum absolute atomic E-state index is 11.9. The normalized spacial score (nSPS) is 11.3. The van der Waals surface area contributed by atoms with E-state index in [2.05, 4.69) is 9.97 Å². The number of halogens is 3. The van der Waals surface area contributed by atoms with Crippen LogP contribution >= 0.6 is 12.2 Å². The molecule has 0 saturated carbocycles. The average molecular weight is 279 g/mol. The fourth-order valence-electron chi connectivity index (χ4n) is 1.17. The Morgan fingerprint density at radius 1 is 1.44 bits per heavy atom. The predicted octanol–water partition coefficient (Wildman–Crippen LogP) is 2.14. The van der Waals surface area contributed by atoms with Gasteiger partial charge in [0, 0.05) is 12.1 Å². The van der Waals surface area contributed by atoms with E-state index in [1.54, 1.807) is 13.0 Å². The number of nitrogens with two attached hydrogens (primary N) is 1. The van der Waals surface area contributed by atoms with Crippen LogP contribution in [0.2, 0.25) is 0 Å². The smallest absolute Gasteiger partial charge is 0.389 e. The Morgan fingerprint density at radius 2 is 2.11 bits per heavy atom. The van der Waals surface area contributed by atoms with Crippen LogP contribution in [-0.4, -0.2) is 27.7 Å². The third-order valence-electron chi connectivity index (χ3n) is 1.92. The number of thiocarbonyl (C=S) groups is 1. The molecule has 0 saturated heterocycles. The predicted molar refractivity (Wildman–Crippen MR) is 63.4 cm³/mol. The van der Waals surface area contributed by atoms with Gasteiger partial charge in [-0.05, 0) is 19.4 Å². The van der Waals surface area contributed by atoms with Gasteiger partial charge >= 0.3 is 12.2 Å². The van der Waals surface area contributed by atoms with Gasteiger partial charge in [0.25, 0.3) is 0 Å².